The summed E-state index contributed by atoms with van der Waals surface area (Å²) in [5.74, 6) is -4.04. The molecule has 0 aromatic rings. The predicted molar refractivity (Wildman–Crippen MR) is 175 cm³/mol. The second-order valence-electron chi connectivity index (χ2n) is 13.5. The Morgan fingerprint density at radius 1 is 0.708 bits per heavy atom. The quantitative estimate of drug-likeness (QED) is 0.111. The molecule has 3 fully saturated rings. The number of carboxylic acids is 1. The van der Waals surface area contributed by atoms with Crippen LogP contribution >= 0.6 is 0 Å². The molecule has 16 heteroatoms. The number of aliphatic carboxylic acids is 1. The highest BCUT2D eigenvalue weighted by molar-refractivity contribution is 5.97. The van der Waals surface area contributed by atoms with Gasteiger partial charge in [0.15, 0.2) is 0 Å². The maximum Gasteiger partial charge on any atom is 0.326 e. The summed E-state index contributed by atoms with van der Waals surface area (Å²) in [7, 11) is 0. The Morgan fingerprint density at radius 3 is 1.79 bits per heavy atom. The minimum atomic E-state index is -1.16. The number of nitrogens with one attached hydrogen (secondary N) is 3. The first-order chi connectivity index (χ1) is 22.7. The van der Waals surface area contributed by atoms with Gasteiger partial charge in [-0.2, -0.15) is 0 Å². The molecule has 3 heterocycles. The highest BCUT2D eigenvalue weighted by Crippen LogP contribution is 2.26. The molecule has 0 radical (unpaired) electrons. The summed E-state index contributed by atoms with van der Waals surface area (Å²) >= 11 is 0. The Balaban J connectivity index is 1.57. The molecule has 6 amide bonds. The number of unbranched alkanes of at least 4 members (excludes halogenated alkanes) is 1. The van der Waals surface area contributed by atoms with Crippen LogP contribution in [0.3, 0.4) is 0 Å². The van der Waals surface area contributed by atoms with Crippen LogP contribution in [-0.2, 0) is 33.6 Å². The molecule has 0 aromatic heterocycles. The maximum absolute atomic E-state index is 13.7. The third-order valence-corrected chi connectivity index (χ3v) is 9.54. The molecule has 0 aliphatic carbocycles. The highest BCUT2D eigenvalue weighted by atomic mass is 16.4. The number of carbonyl (C=O) groups is 7. The zero-order valence-corrected chi connectivity index (χ0v) is 28.6. The van der Waals surface area contributed by atoms with E-state index in [1.807, 2.05) is 13.8 Å². The molecule has 3 aliphatic heterocycles. The van der Waals surface area contributed by atoms with Crippen LogP contribution in [0.5, 0.6) is 0 Å². The van der Waals surface area contributed by atoms with E-state index >= 15 is 0 Å². The van der Waals surface area contributed by atoms with Crippen LogP contribution in [-0.4, -0.2) is 130 Å². The van der Waals surface area contributed by atoms with E-state index in [-0.39, 0.29) is 24.2 Å². The average Bonchev–Trinajstić information content (AvgIpc) is 3.83. The van der Waals surface area contributed by atoms with Crippen molar-refractivity contribution in [1.82, 2.24) is 30.7 Å². The summed E-state index contributed by atoms with van der Waals surface area (Å²) in [5.41, 5.74) is 11.5. The van der Waals surface area contributed by atoms with E-state index in [4.69, 9.17) is 11.5 Å². The molecule has 0 bridgehead atoms. The van der Waals surface area contributed by atoms with Crippen molar-refractivity contribution in [1.29, 1.82) is 0 Å². The summed E-state index contributed by atoms with van der Waals surface area (Å²) in [6.45, 7) is 8.06. The fourth-order valence-electron chi connectivity index (χ4n) is 6.60. The fourth-order valence-corrected chi connectivity index (χ4v) is 6.60. The second kappa shape index (κ2) is 17.6. The van der Waals surface area contributed by atoms with Gasteiger partial charge in [-0.05, 0) is 84.1 Å². The van der Waals surface area contributed by atoms with Crippen molar-refractivity contribution < 1.29 is 38.7 Å². The van der Waals surface area contributed by atoms with Gasteiger partial charge >= 0.3 is 5.97 Å². The van der Waals surface area contributed by atoms with Gasteiger partial charge in [-0.15, -0.1) is 0 Å². The van der Waals surface area contributed by atoms with Crippen LogP contribution in [0, 0.1) is 5.92 Å². The molecule has 8 N–H and O–H groups in total. The van der Waals surface area contributed by atoms with Gasteiger partial charge in [-0.1, -0.05) is 13.8 Å². The van der Waals surface area contributed by atoms with Crippen LogP contribution in [0.4, 0.5) is 0 Å². The van der Waals surface area contributed by atoms with Crippen molar-refractivity contribution in [3.05, 3.63) is 0 Å². The van der Waals surface area contributed by atoms with Gasteiger partial charge in [0, 0.05) is 19.6 Å². The van der Waals surface area contributed by atoms with E-state index in [0.717, 1.165) is 0 Å². The van der Waals surface area contributed by atoms with Crippen LogP contribution in [0.25, 0.3) is 0 Å². The molecule has 0 unspecified atom stereocenters. The zero-order chi connectivity index (χ0) is 35.7. The van der Waals surface area contributed by atoms with Crippen LogP contribution in [0.15, 0.2) is 0 Å². The van der Waals surface area contributed by atoms with E-state index in [1.165, 1.54) is 28.5 Å². The lowest BCUT2D eigenvalue weighted by Gasteiger charge is -2.33. The Labute approximate surface area is 282 Å². The smallest absolute Gasteiger partial charge is 0.326 e. The van der Waals surface area contributed by atoms with Gasteiger partial charge in [0.05, 0.1) is 6.04 Å². The van der Waals surface area contributed by atoms with Crippen molar-refractivity contribution >= 4 is 41.4 Å². The van der Waals surface area contributed by atoms with Crippen LogP contribution in [0.1, 0.15) is 85.5 Å². The number of nitrogens with two attached hydrogens (primary N) is 2. The van der Waals surface area contributed by atoms with Gasteiger partial charge in [-0.3, -0.25) is 28.8 Å². The molecular formula is C32H54N8O8. The van der Waals surface area contributed by atoms with Crippen molar-refractivity contribution in [2.75, 3.05) is 26.2 Å². The van der Waals surface area contributed by atoms with E-state index in [9.17, 15) is 38.7 Å². The van der Waals surface area contributed by atoms with Crippen molar-refractivity contribution in [2.24, 2.45) is 17.4 Å². The zero-order valence-electron chi connectivity index (χ0n) is 28.6. The molecule has 48 heavy (non-hydrogen) atoms. The number of amides is 6. The largest absolute Gasteiger partial charge is 0.480 e. The van der Waals surface area contributed by atoms with Crippen molar-refractivity contribution in [3.8, 4) is 0 Å². The number of hydrogen-bond acceptors (Lipinski definition) is 9. The highest BCUT2D eigenvalue weighted by Gasteiger charge is 2.44. The SMILES string of the molecule is CC(C)[C@H](N)C(=O)N1CCC[C@H]1C(=O)N[C@@H](C)C(=O)N[C@@H](C)C(=O)N1CCC[C@H]1C(=O)N1CCC[C@H]1C(=O)N[C@@H](CCCCN)C(=O)O. The van der Waals surface area contributed by atoms with Crippen molar-refractivity contribution in [2.45, 2.75) is 128 Å². The van der Waals surface area contributed by atoms with Gasteiger partial charge < -0.3 is 47.2 Å². The molecule has 0 spiro atoms. The summed E-state index contributed by atoms with van der Waals surface area (Å²) in [6.07, 6.45) is 4.34. The Kier molecular flexibility index (Phi) is 14.1. The third-order valence-electron chi connectivity index (χ3n) is 9.54. The molecular weight excluding hydrogens is 624 g/mol. The molecule has 0 saturated carbocycles. The van der Waals surface area contributed by atoms with E-state index in [0.29, 0.717) is 77.5 Å². The lowest BCUT2D eigenvalue weighted by Crippen LogP contribution is -2.58. The van der Waals surface area contributed by atoms with Crippen LogP contribution < -0.4 is 27.4 Å². The van der Waals surface area contributed by atoms with Gasteiger partial charge in [-0.25, -0.2) is 4.79 Å². The molecule has 3 rings (SSSR count). The van der Waals surface area contributed by atoms with E-state index in [1.54, 1.807) is 0 Å². The topological polar surface area (TPSA) is 238 Å². The molecule has 270 valence electrons. The van der Waals surface area contributed by atoms with E-state index < -0.39 is 71.9 Å². The number of carbonyl (C=O) groups excluding carboxylic acids is 6. The van der Waals surface area contributed by atoms with Gasteiger partial charge in [0.2, 0.25) is 35.4 Å². The van der Waals surface area contributed by atoms with E-state index in [2.05, 4.69) is 16.0 Å². The number of hydrogen-bond donors (Lipinski definition) is 6. The van der Waals surface area contributed by atoms with Gasteiger partial charge in [0.1, 0.15) is 36.3 Å². The molecule has 3 saturated heterocycles. The summed E-state index contributed by atoms with van der Waals surface area (Å²) in [5, 5.41) is 17.4. The Morgan fingerprint density at radius 2 is 1.23 bits per heavy atom. The second-order valence-corrected chi connectivity index (χ2v) is 13.5. The third kappa shape index (κ3) is 9.43. The standard InChI is InChI=1S/C32H54N8O8/c1-18(2)25(34)31(46)39-16-8-11-22(39)27(42)35-19(3)26(41)36-20(4)29(44)40-17-9-13-24(40)30(45)38-15-7-12-23(38)28(43)37-21(32(47)48)10-5-6-14-33/h18-25H,5-17,33-34H2,1-4H3,(H,35,42)(H,36,41)(H,37,43)(H,47,48)/t19-,20-,21-,22-,23-,24-,25-/m0/s1. The molecule has 0 aromatic carbocycles. The van der Waals surface area contributed by atoms with Gasteiger partial charge in [0.25, 0.3) is 0 Å². The molecule has 3 aliphatic rings. The lowest BCUT2D eigenvalue weighted by atomic mass is 10.0. The average molecular weight is 679 g/mol. The number of rotatable bonds is 15. The summed E-state index contributed by atoms with van der Waals surface area (Å²) in [6, 6.07) is -6.26. The lowest BCUT2D eigenvalue weighted by molar-refractivity contribution is -0.148. The minimum absolute atomic E-state index is 0.0967. The molecule has 7 atom stereocenters. The first kappa shape index (κ1) is 38.7. The maximum atomic E-state index is 13.7. The molecule has 16 nitrogen and oxygen atoms in total. The van der Waals surface area contributed by atoms with Crippen molar-refractivity contribution in [3.63, 3.8) is 0 Å². The Bertz CT molecular complexity index is 1210. The normalized spacial score (nSPS) is 23.4. The van der Waals surface area contributed by atoms with Crippen LogP contribution in [0.2, 0.25) is 0 Å². The number of carboxylic acid groups (broad SMARTS) is 1. The predicted octanol–water partition coefficient (Wildman–Crippen LogP) is -1.35. The fraction of sp³-hybridized carbons (Fsp3) is 0.781. The monoisotopic (exact) mass is 678 g/mol. The number of likely N-dealkylation sites (tertiary alicyclic amines) is 3. The first-order valence-electron chi connectivity index (χ1n) is 17.2. The number of nitrogens with zero attached hydrogens (tertiary/aromatic N) is 3. The summed E-state index contributed by atoms with van der Waals surface area (Å²) in [4.78, 5) is 95.3. The first-order valence-corrected chi connectivity index (χ1v) is 17.2. The minimum Gasteiger partial charge on any atom is -0.480 e. The summed E-state index contributed by atoms with van der Waals surface area (Å²) < 4.78 is 0. The Hall–Kier alpha value is -3.79.